The van der Waals surface area contributed by atoms with E-state index in [1.54, 1.807) is 23.1 Å². The quantitative estimate of drug-likeness (QED) is 0.570. The topological polar surface area (TPSA) is 56.3 Å². The van der Waals surface area contributed by atoms with Gasteiger partial charge < -0.3 is 14.8 Å². The molecule has 142 valence electrons. The van der Waals surface area contributed by atoms with Crippen LogP contribution in [0.25, 0.3) is 10.2 Å². The summed E-state index contributed by atoms with van der Waals surface area (Å²) in [5.41, 5.74) is 1.28. The summed E-state index contributed by atoms with van der Waals surface area (Å²) in [6.07, 6.45) is 4.51. The summed E-state index contributed by atoms with van der Waals surface area (Å²) in [5, 5.41) is 5.64. The minimum atomic E-state index is -0.0936. The van der Waals surface area contributed by atoms with Gasteiger partial charge in [-0.15, -0.1) is 11.3 Å². The zero-order valence-electron chi connectivity index (χ0n) is 15.8. The van der Waals surface area contributed by atoms with E-state index in [0.717, 1.165) is 60.4 Å². The van der Waals surface area contributed by atoms with Gasteiger partial charge in [-0.25, -0.2) is 9.97 Å². The molecule has 0 saturated carbocycles. The molecule has 0 radical (unpaired) electrons. The number of aromatic nitrogens is 2. The van der Waals surface area contributed by atoms with Crippen LogP contribution >= 0.6 is 23.1 Å². The van der Waals surface area contributed by atoms with E-state index in [0.29, 0.717) is 12.7 Å². The van der Waals surface area contributed by atoms with Crippen molar-refractivity contribution in [3.8, 4) is 0 Å². The van der Waals surface area contributed by atoms with Gasteiger partial charge in [0.2, 0.25) is 0 Å². The molecule has 0 aromatic carbocycles. The monoisotopic (exact) mass is 393 g/mol. The van der Waals surface area contributed by atoms with Crippen molar-refractivity contribution in [2.75, 3.05) is 24.2 Å². The number of ether oxygens (including phenoxy) is 2. The molecular formula is C19H27N3O2S2. The molecule has 1 saturated heterocycles. The summed E-state index contributed by atoms with van der Waals surface area (Å²) < 4.78 is 11.9. The van der Waals surface area contributed by atoms with Gasteiger partial charge in [0.1, 0.15) is 10.6 Å². The molecule has 0 amide bonds. The van der Waals surface area contributed by atoms with Gasteiger partial charge in [-0.3, -0.25) is 0 Å². The smallest absolute Gasteiger partial charge is 0.190 e. The second kappa shape index (κ2) is 7.62. The Bertz CT molecular complexity index is 789. The van der Waals surface area contributed by atoms with Crippen LogP contribution in [0, 0.1) is 0 Å². The van der Waals surface area contributed by atoms with Gasteiger partial charge in [-0.1, -0.05) is 25.6 Å². The third-order valence-electron chi connectivity index (χ3n) is 5.36. The van der Waals surface area contributed by atoms with E-state index in [1.165, 1.54) is 15.8 Å². The lowest BCUT2D eigenvalue weighted by atomic mass is 9.90. The molecule has 2 aliphatic heterocycles. The Kier molecular flexibility index (Phi) is 5.41. The number of nitrogens with one attached hydrogen (secondary N) is 1. The third kappa shape index (κ3) is 3.59. The van der Waals surface area contributed by atoms with Crippen LogP contribution in [0.1, 0.15) is 50.5 Å². The number of thioether (sulfide) groups is 1. The number of fused-ring (bicyclic) bond motifs is 3. The first-order chi connectivity index (χ1) is 12.6. The minimum absolute atomic E-state index is 0.0936. The maximum Gasteiger partial charge on any atom is 0.190 e. The van der Waals surface area contributed by atoms with Gasteiger partial charge in [-0.2, -0.15) is 0 Å². The second-order valence-corrected chi connectivity index (χ2v) is 9.57. The number of nitrogens with zero attached hydrogens (tertiary/aromatic N) is 2. The first-order valence-corrected chi connectivity index (χ1v) is 11.4. The summed E-state index contributed by atoms with van der Waals surface area (Å²) in [7, 11) is 0. The summed E-state index contributed by atoms with van der Waals surface area (Å²) in [6, 6.07) is 0. The number of hydrogen-bond donors (Lipinski definition) is 1. The average molecular weight is 394 g/mol. The predicted octanol–water partition coefficient (Wildman–Crippen LogP) is 4.64. The summed E-state index contributed by atoms with van der Waals surface area (Å²) in [5.74, 6) is 1.94. The van der Waals surface area contributed by atoms with Crippen molar-refractivity contribution in [1.82, 2.24) is 9.97 Å². The SMILES string of the molecule is CCSc1nc(NC[C@@H]2CCCO2)c2c3c(sc2n1)CO[C@@](C)(CC)C3. The van der Waals surface area contributed by atoms with Crippen molar-refractivity contribution in [3.63, 3.8) is 0 Å². The van der Waals surface area contributed by atoms with E-state index < -0.39 is 0 Å². The van der Waals surface area contributed by atoms with E-state index in [1.807, 2.05) is 0 Å². The van der Waals surface area contributed by atoms with Crippen molar-refractivity contribution in [1.29, 1.82) is 0 Å². The fourth-order valence-electron chi connectivity index (χ4n) is 3.62. The Labute approximate surface area is 163 Å². The zero-order chi connectivity index (χ0) is 18.1. The van der Waals surface area contributed by atoms with E-state index in [9.17, 15) is 0 Å². The van der Waals surface area contributed by atoms with Crippen LogP contribution < -0.4 is 5.32 Å². The fraction of sp³-hybridized carbons (Fsp3) is 0.684. The van der Waals surface area contributed by atoms with Crippen LogP contribution in [0.15, 0.2) is 5.16 Å². The largest absolute Gasteiger partial charge is 0.376 e. The van der Waals surface area contributed by atoms with Gasteiger partial charge in [0.05, 0.1) is 23.7 Å². The lowest BCUT2D eigenvalue weighted by Crippen LogP contribution is -2.34. The Morgan fingerprint density at radius 3 is 2.96 bits per heavy atom. The maximum atomic E-state index is 6.15. The van der Waals surface area contributed by atoms with Crippen molar-refractivity contribution < 1.29 is 9.47 Å². The summed E-state index contributed by atoms with van der Waals surface area (Å²) in [4.78, 5) is 12.1. The van der Waals surface area contributed by atoms with Crippen molar-refractivity contribution in [2.24, 2.45) is 0 Å². The highest BCUT2D eigenvalue weighted by Crippen LogP contribution is 2.42. The van der Waals surface area contributed by atoms with Gasteiger partial charge >= 0.3 is 0 Å². The van der Waals surface area contributed by atoms with Crippen LogP contribution in [-0.2, 0) is 22.5 Å². The average Bonchev–Trinajstić information content (AvgIpc) is 3.27. The van der Waals surface area contributed by atoms with Crippen LogP contribution in [-0.4, -0.2) is 40.6 Å². The lowest BCUT2D eigenvalue weighted by Gasteiger charge is -2.33. The second-order valence-electron chi connectivity index (χ2n) is 7.26. The number of rotatable bonds is 6. The van der Waals surface area contributed by atoms with Crippen LogP contribution in [0.2, 0.25) is 0 Å². The maximum absolute atomic E-state index is 6.15. The van der Waals surface area contributed by atoms with E-state index in [-0.39, 0.29) is 5.60 Å². The van der Waals surface area contributed by atoms with Gasteiger partial charge in [0.25, 0.3) is 0 Å². The third-order valence-corrected chi connectivity index (χ3v) is 7.19. The lowest BCUT2D eigenvalue weighted by molar-refractivity contribution is -0.0542. The van der Waals surface area contributed by atoms with E-state index in [4.69, 9.17) is 19.4 Å². The normalized spacial score (nSPS) is 25.6. The molecule has 2 aliphatic rings. The van der Waals surface area contributed by atoms with Gasteiger partial charge in [0, 0.05) is 24.4 Å². The van der Waals surface area contributed by atoms with E-state index in [2.05, 4.69) is 26.1 Å². The molecule has 0 spiro atoms. The molecule has 26 heavy (non-hydrogen) atoms. The molecular weight excluding hydrogens is 366 g/mol. The Morgan fingerprint density at radius 2 is 2.23 bits per heavy atom. The molecule has 1 N–H and O–H groups in total. The fourth-order valence-corrected chi connectivity index (χ4v) is 5.35. The first kappa shape index (κ1) is 18.5. The molecule has 5 nitrogen and oxygen atoms in total. The molecule has 2 aromatic rings. The Balaban J connectivity index is 1.72. The Hall–Kier alpha value is -0.890. The molecule has 4 rings (SSSR count). The molecule has 2 aromatic heterocycles. The van der Waals surface area contributed by atoms with Crippen LogP contribution in [0.3, 0.4) is 0 Å². The van der Waals surface area contributed by atoms with Crippen molar-refractivity contribution in [3.05, 3.63) is 10.4 Å². The Morgan fingerprint density at radius 1 is 1.35 bits per heavy atom. The van der Waals surface area contributed by atoms with Crippen molar-refractivity contribution >= 4 is 39.1 Å². The zero-order valence-corrected chi connectivity index (χ0v) is 17.4. The molecule has 0 aliphatic carbocycles. The predicted molar refractivity (Wildman–Crippen MR) is 108 cm³/mol. The van der Waals surface area contributed by atoms with Crippen LogP contribution in [0.5, 0.6) is 0 Å². The van der Waals surface area contributed by atoms with E-state index >= 15 is 0 Å². The number of anilines is 1. The van der Waals surface area contributed by atoms with Gasteiger partial charge in [-0.05, 0) is 37.5 Å². The summed E-state index contributed by atoms with van der Waals surface area (Å²) in [6.45, 7) is 8.92. The molecule has 0 bridgehead atoms. The molecule has 0 unspecified atom stereocenters. The number of hydrogen-bond acceptors (Lipinski definition) is 7. The van der Waals surface area contributed by atoms with Crippen LogP contribution in [0.4, 0.5) is 5.82 Å². The van der Waals surface area contributed by atoms with Crippen molar-refractivity contribution in [2.45, 2.75) is 69.9 Å². The van der Waals surface area contributed by atoms with Gasteiger partial charge in [0.15, 0.2) is 5.16 Å². The molecule has 7 heteroatoms. The summed E-state index contributed by atoms with van der Waals surface area (Å²) >= 11 is 3.46. The molecule has 2 atom stereocenters. The highest BCUT2D eigenvalue weighted by Gasteiger charge is 2.33. The first-order valence-electron chi connectivity index (χ1n) is 9.56. The standard InChI is InChI=1S/C19H27N3O2S2/c1-4-19(3)9-13-14(11-24-19)26-17-15(13)16(21-18(22-17)25-5-2)20-10-12-7-6-8-23-12/h12H,4-11H2,1-3H3,(H,20,21,22)/t12-,19-/m0/s1. The molecule has 4 heterocycles. The molecule has 1 fully saturated rings. The highest BCUT2D eigenvalue weighted by molar-refractivity contribution is 7.99. The minimum Gasteiger partial charge on any atom is -0.376 e. The number of thiophene rings is 1. The highest BCUT2D eigenvalue weighted by atomic mass is 32.2.